The standard InChI is InChI=1S/C18H20N2O4/c1-19-9-7-14(11-16(19)21)17(22)20-10-8-18(23,12-20)13-24-15-5-3-2-4-6-15/h2-7,9,11,23H,8,10,12-13H2,1H3/t18-/m0/s1. The Hall–Kier alpha value is -2.60. The highest BCUT2D eigenvalue weighted by molar-refractivity contribution is 5.94. The molecule has 1 N–H and O–H groups in total. The van der Waals surface area contributed by atoms with Crippen molar-refractivity contribution in [2.75, 3.05) is 19.7 Å². The Kier molecular flexibility index (Phi) is 4.40. The molecule has 0 bridgehead atoms. The smallest absolute Gasteiger partial charge is 0.254 e. The molecule has 1 amide bonds. The van der Waals surface area contributed by atoms with Crippen LogP contribution < -0.4 is 10.3 Å². The molecule has 1 aromatic carbocycles. The van der Waals surface area contributed by atoms with E-state index in [-0.39, 0.29) is 24.6 Å². The highest BCUT2D eigenvalue weighted by Crippen LogP contribution is 2.24. The number of benzene rings is 1. The number of nitrogens with zero attached hydrogens (tertiary/aromatic N) is 2. The van der Waals surface area contributed by atoms with E-state index in [0.29, 0.717) is 24.3 Å². The van der Waals surface area contributed by atoms with E-state index in [1.54, 1.807) is 24.2 Å². The molecule has 1 atom stereocenters. The molecule has 6 heteroatoms. The summed E-state index contributed by atoms with van der Waals surface area (Å²) in [4.78, 5) is 25.7. The van der Waals surface area contributed by atoms with Gasteiger partial charge in [0, 0.05) is 31.4 Å². The number of amides is 1. The quantitative estimate of drug-likeness (QED) is 0.910. The van der Waals surface area contributed by atoms with Gasteiger partial charge in [-0.25, -0.2) is 0 Å². The first-order chi connectivity index (χ1) is 11.5. The SMILES string of the molecule is Cn1ccc(C(=O)N2CC[C@@](O)(COc3ccccc3)C2)cc1=O. The van der Waals surface area contributed by atoms with Crippen molar-refractivity contribution >= 4 is 5.91 Å². The van der Waals surface area contributed by atoms with Gasteiger partial charge in [-0.2, -0.15) is 0 Å². The Balaban J connectivity index is 1.64. The van der Waals surface area contributed by atoms with Gasteiger partial charge < -0.3 is 19.3 Å². The number of hydrogen-bond donors (Lipinski definition) is 1. The van der Waals surface area contributed by atoms with Gasteiger partial charge in [-0.15, -0.1) is 0 Å². The van der Waals surface area contributed by atoms with Crippen LogP contribution in [-0.2, 0) is 7.05 Å². The lowest BCUT2D eigenvalue weighted by atomic mass is 10.1. The number of rotatable bonds is 4. The normalized spacial score (nSPS) is 20.2. The maximum absolute atomic E-state index is 12.5. The van der Waals surface area contributed by atoms with E-state index in [1.807, 2.05) is 30.3 Å². The van der Waals surface area contributed by atoms with Crippen molar-refractivity contribution in [2.45, 2.75) is 12.0 Å². The third-order valence-electron chi connectivity index (χ3n) is 4.22. The highest BCUT2D eigenvalue weighted by atomic mass is 16.5. The van der Waals surface area contributed by atoms with Crippen LogP contribution >= 0.6 is 0 Å². The molecule has 0 unspecified atom stereocenters. The fraction of sp³-hybridized carbons (Fsp3) is 0.333. The average Bonchev–Trinajstić information content (AvgIpc) is 2.99. The number of β-amino-alcohol motifs (C(OH)–C–C–N with tert-alkyl or cyclic N) is 1. The lowest BCUT2D eigenvalue weighted by Gasteiger charge is -2.23. The second-order valence-electron chi connectivity index (χ2n) is 6.17. The van der Waals surface area contributed by atoms with Crippen molar-refractivity contribution in [3.05, 3.63) is 64.6 Å². The molecule has 0 aliphatic carbocycles. The predicted molar refractivity (Wildman–Crippen MR) is 89.1 cm³/mol. The molecule has 2 aromatic rings. The van der Waals surface area contributed by atoms with Gasteiger partial charge in [0.25, 0.3) is 11.5 Å². The summed E-state index contributed by atoms with van der Waals surface area (Å²) in [5, 5.41) is 10.6. The zero-order chi connectivity index (χ0) is 17.2. The van der Waals surface area contributed by atoms with Gasteiger partial charge in [0.05, 0.1) is 6.54 Å². The van der Waals surface area contributed by atoms with E-state index in [9.17, 15) is 14.7 Å². The molecule has 1 aromatic heterocycles. The third kappa shape index (κ3) is 3.49. The Bertz CT molecular complexity index is 787. The number of pyridine rings is 1. The molecule has 1 aliphatic rings. The van der Waals surface area contributed by atoms with Gasteiger partial charge in [0.1, 0.15) is 18.0 Å². The second-order valence-corrected chi connectivity index (χ2v) is 6.17. The largest absolute Gasteiger partial charge is 0.491 e. The molecule has 1 aliphatic heterocycles. The van der Waals surface area contributed by atoms with Crippen LogP contribution in [-0.4, -0.2) is 45.8 Å². The fourth-order valence-electron chi connectivity index (χ4n) is 2.75. The fourth-order valence-corrected chi connectivity index (χ4v) is 2.75. The first-order valence-corrected chi connectivity index (χ1v) is 7.83. The summed E-state index contributed by atoms with van der Waals surface area (Å²) in [6.07, 6.45) is 2.01. The maximum atomic E-state index is 12.5. The number of likely N-dealkylation sites (tertiary alicyclic amines) is 1. The van der Waals surface area contributed by atoms with Crippen LogP contribution in [0.1, 0.15) is 16.8 Å². The van der Waals surface area contributed by atoms with Gasteiger partial charge in [-0.1, -0.05) is 18.2 Å². The number of carbonyl (C=O) groups is 1. The summed E-state index contributed by atoms with van der Waals surface area (Å²) < 4.78 is 7.03. The summed E-state index contributed by atoms with van der Waals surface area (Å²) in [5.41, 5.74) is -0.973. The monoisotopic (exact) mass is 328 g/mol. The van der Waals surface area contributed by atoms with Crippen molar-refractivity contribution in [2.24, 2.45) is 7.05 Å². The minimum atomic E-state index is -1.08. The summed E-state index contributed by atoms with van der Waals surface area (Å²) in [5.74, 6) is 0.436. The van der Waals surface area contributed by atoms with Crippen LogP contribution in [0.4, 0.5) is 0 Å². The molecule has 0 saturated carbocycles. The molecule has 1 saturated heterocycles. The third-order valence-corrected chi connectivity index (χ3v) is 4.22. The summed E-state index contributed by atoms with van der Waals surface area (Å²) >= 11 is 0. The Labute approximate surface area is 139 Å². The highest BCUT2D eigenvalue weighted by Gasteiger charge is 2.39. The van der Waals surface area contributed by atoms with E-state index in [4.69, 9.17) is 4.74 Å². The maximum Gasteiger partial charge on any atom is 0.254 e. The topological polar surface area (TPSA) is 71.8 Å². The van der Waals surface area contributed by atoms with Gasteiger partial charge in [-0.3, -0.25) is 9.59 Å². The molecule has 3 rings (SSSR count). The van der Waals surface area contributed by atoms with Gasteiger partial charge in [0.15, 0.2) is 0 Å². The van der Waals surface area contributed by atoms with E-state index in [2.05, 4.69) is 0 Å². The molecule has 1 fully saturated rings. The number of ether oxygens (including phenoxy) is 1. The van der Waals surface area contributed by atoms with Crippen LogP contribution in [0.2, 0.25) is 0 Å². The number of para-hydroxylation sites is 1. The van der Waals surface area contributed by atoms with Gasteiger partial charge >= 0.3 is 0 Å². The summed E-state index contributed by atoms with van der Waals surface area (Å²) in [7, 11) is 1.63. The van der Waals surface area contributed by atoms with Gasteiger partial charge in [0.2, 0.25) is 0 Å². The van der Waals surface area contributed by atoms with E-state index in [0.717, 1.165) is 0 Å². The summed E-state index contributed by atoms with van der Waals surface area (Å²) in [6, 6.07) is 12.2. The van der Waals surface area contributed by atoms with Crippen molar-refractivity contribution in [3.63, 3.8) is 0 Å². The number of aryl methyl sites for hydroxylation is 1. The first kappa shape index (κ1) is 16.3. The minimum absolute atomic E-state index is 0.122. The van der Waals surface area contributed by atoms with E-state index >= 15 is 0 Å². The molecule has 6 nitrogen and oxygen atoms in total. The van der Waals surface area contributed by atoms with E-state index < -0.39 is 5.60 Å². The second kappa shape index (κ2) is 6.49. The number of hydrogen-bond acceptors (Lipinski definition) is 4. The molecule has 24 heavy (non-hydrogen) atoms. The van der Waals surface area contributed by atoms with Crippen LogP contribution in [0.3, 0.4) is 0 Å². The number of aromatic nitrogens is 1. The lowest BCUT2D eigenvalue weighted by Crippen LogP contribution is -2.40. The van der Waals surface area contributed by atoms with Crippen molar-refractivity contribution in [1.29, 1.82) is 0 Å². The molecular formula is C18H20N2O4. The van der Waals surface area contributed by atoms with Crippen molar-refractivity contribution < 1.29 is 14.6 Å². The van der Waals surface area contributed by atoms with Crippen LogP contribution in [0.15, 0.2) is 53.5 Å². The van der Waals surface area contributed by atoms with Crippen molar-refractivity contribution in [3.8, 4) is 5.75 Å². The first-order valence-electron chi connectivity index (χ1n) is 7.83. The Morgan fingerprint density at radius 1 is 1.29 bits per heavy atom. The zero-order valence-electron chi connectivity index (χ0n) is 13.5. The van der Waals surface area contributed by atoms with Crippen molar-refractivity contribution in [1.82, 2.24) is 9.47 Å². The van der Waals surface area contributed by atoms with E-state index in [1.165, 1.54) is 10.6 Å². The average molecular weight is 328 g/mol. The van der Waals surface area contributed by atoms with Crippen LogP contribution in [0.25, 0.3) is 0 Å². The lowest BCUT2D eigenvalue weighted by molar-refractivity contribution is 0.00430. The molecule has 126 valence electrons. The summed E-state index contributed by atoms with van der Waals surface area (Å²) in [6.45, 7) is 0.744. The Morgan fingerprint density at radius 2 is 2.04 bits per heavy atom. The number of aliphatic hydroxyl groups is 1. The van der Waals surface area contributed by atoms with Crippen LogP contribution in [0, 0.1) is 0 Å². The zero-order valence-corrected chi connectivity index (χ0v) is 13.5. The minimum Gasteiger partial charge on any atom is -0.491 e. The predicted octanol–water partition coefficient (Wildman–Crippen LogP) is 1.04. The molecule has 0 spiro atoms. The van der Waals surface area contributed by atoms with Gasteiger partial charge in [-0.05, 0) is 24.6 Å². The molecule has 2 heterocycles. The Morgan fingerprint density at radius 3 is 2.75 bits per heavy atom. The molecule has 0 radical (unpaired) electrons. The number of carbonyl (C=O) groups excluding carboxylic acids is 1. The van der Waals surface area contributed by atoms with Crippen LogP contribution in [0.5, 0.6) is 5.75 Å². The molecular weight excluding hydrogens is 308 g/mol.